The third-order valence-electron chi connectivity index (χ3n) is 9.51. The number of ether oxygens (including phenoxy) is 2. The number of carbonyl (C=O) groups excluding carboxylic acids is 2. The first-order valence-corrected chi connectivity index (χ1v) is 18.2. The third kappa shape index (κ3) is 11.0. The molecule has 2 aromatic carbocycles. The quantitative estimate of drug-likeness (QED) is 0.129. The summed E-state index contributed by atoms with van der Waals surface area (Å²) in [5, 5.41) is 0. The Labute approximate surface area is 307 Å². The lowest BCUT2D eigenvalue weighted by Gasteiger charge is -2.20. The number of hydrogen-bond donors (Lipinski definition) is 0. The molecule has 0 N–H and O–H groups in total. The summed E-state index contributed by atoms with van der Waals surface area (Å²) in [7, 11) is 4.01. The molecule has 10 heteroatoms. The Bertz CT molecular complexity index is 1770. The van der Waals surface area contributed by atoms with Crippen LogP contribution in [-0.2, 0) is 9.59 Å². The number of pyridine rings is 2. The lowest BCUT2D eigenvalue weighted by Crippen LogP contribution is -2.25. The van der Waals surface area contributed by atoms with Crippen LogP contribution in [0.15, 0.2) is 84.9 Å². The van der Waals surface area contributed by atoms with Crippen molar-refractivity contribution in [2.45, 2.75) is 77.4 Å². The number of ketones is 2. The Morgan fingerprint density at radius 1 is 0.712 bits per heavy atom. The highest BCUT2D eigenvalue weighted by Gasteiger charge is 2.26. The Hall–Kier alpha value is -4.99. The van der Waals surface area contributed by atoms with Gasteiger partial charge in [-0.1, -0.05) is 50.2 Å². The van der Waals surface area contributed by atoms with Gasteiger partial charge in [0, 0.05) is 52.9 Å². The average molecular weight is 710 g/mol. The number of halogens is 1. The van der Waals surface area contributed by atoms with E-state index in [0.29, 0.717) is 25.2 Å². The van der Waals surface area contributed by atoms with Gasteiger partial charge in [-0.2, -0.15) is 4.39 Å². The monoisotopic (exact) mass is 709 g/mol. The van der Waals surface area contributed by atoms with Gasteiger partial charge in [-0.25, -0.2) is 9.97 Å². The number of anilines is 3. The Kier molecular flexibility index (Phi) is 13.2. The van der Waals surface area contributed by atoms with Gasteiger partial charge in [0.05, 0.1) is 13.1 Å². The summed E-state index contributed by atoms with van der Waals surface area (Å²) in [6.07, 6.45) is 3.22. The summed E-state index contributed by atoms with van der Waals surface area (Å²) >= 11 is 0. The Morgan fingerprint density at radius 2 is 1.15 bits per heavy atom. The van der Waals surface area contributed by atoms with E-state index in [1.807, 2.05) is 78.5 Å². The minimum Gasteiger partial charge on any atom is -0.489 e. The standard InChI is InChI=1S/C22H29N3O2.C20H23FN2O2/c1-16(14-17(2)26)18-8-10-19(11-9-18)27-20-12-13-25(15-20)22-7-5-6-21(23-22)24(3)4;1-14(12-15(2)24)16-6-8-17(9-7-16)25-18-10-11-23(13-18)20-5-3-4-19(21)22-20/h5-11,16,20H,12-15H2,1-4H3;3-9,14,18H,10-13H2,1-2H3/t16-,20-;14-,18-/m11/s1. The van der Waals surface area contributed by atoms with Crippen LogP contribution in [0.3, 0.4) is 0 Å². The first-order valence-electron chi connectivity index (χ1n) is 18.2. The number of benzene rings is 2. The summed E-state index contributed by atoms with van der Waals surface area (Å²) in [5.74, 6) is 4.74. The molecule has 0 unspecified atom stereocenters. The highest BCUT2D eigenvalue weighted by Crippen LogP contribution is 2.28. The van der Waals surface area contributed by atoms with Crippen LogP contribution in [0.25, 0.3) is 0 Å². The van der Waals surface area contributed by atoms with Gasteiger partial charge in [-0.15, -0.1) is 0 Å². The molecule has 6 rings (SSSR count). The van der Waals surface area contributed by atoms with Gasteiger partial charge in [0.15, 0.2) is 0 Å². The SMILES string of the molecule is CC(=O)C[C@@H](C)c1ccc(O[C@@H]2CCN(c3cccc(F)n3)C2)cc1.CC(=O)C[C@@H](C)c1ccc(O[C@@H]2CCN(c3cccc(N(C)C)n3)C2)cc1. The summed E-state index contributed by atoms with van der Waals surface area (Å²) in [5.41, 5.74) is 2.31. The zero-order chi connectivity index (χ0) is 37.2. The minimum absolute atomic E-state index is 0.0607. The summed E-state index contributed by atoms with van der Waals surface area (Å²) in [6.45, 7) is 10.7. The largest absolute Gasteiger partial charge is 0.489 e. The van der Waals surface area contributed by atoms with Crippen molar-refractivity contribution in [1.29, 1.82) is 0 Å². The average Bonchev–Trinajstić information content (AvgIpc) is 3.79. The van der Waals surface area contributed by atoms with E-state index in [1.54, 1.807) is 19.9 Å². The number of Topliss-reactive ketones (excluding diaryl/α,β-unsaturated/α-hetero) is 2. The van der Waals surface area contributed by atoms with Crippen LogP contribution < -0.4 is 24.2 Å². The fourth-order valence-electron chi connectivity index (χ4n) is 6.71. The van der Waals surface area contributed by atoms with Crippen molar-refractivity contribution in [3.63, 3.8) is 0 Å². The molecule has 2 saturated heterocycles. The van der Waals surface area contributed by atoms with E-state index < -0.39 is 5.95 Å². The molecule has 0 radical (unpaired) electrons. The van der Waals surface area contributed by atoms with E-state index in [1.165, 1.54) is 11.6 Å². The maximum atomic E-state index is 13.3. The predicted molar refractivity (Wildman–Crippen MR) is 206 cm³/mol. The van der Waals surface area contributed by atoms with Gasteiger partial charge in [0.25, 0.3) is 0 Å². The Morgan fingerprint density at radius 3 is 1.58 bits per heavy atom. The van der Waals surface area contributed by atoms with Gasteiger partial charge in [-0.05, 0) is 85.3 Å². The van der Waals surface area contributed by atoms with E-state index >= 15 is 0 Å². The maximum absolute atomic E-state index is 13.3. The fourth-order valence-corrected chi connectivity index (χ4v) is 6.71. The fraction of sp³-hybridized carbons (Fsp3) is 0.429. The molecule has 276 valence electrons. The molecule has 2 aliphatic heterocycles. The van der Waals surface area contributed by atoms with Crippen molar-refractivity contribution in [2.75, 3.05) is 55.0 Å². The lowest BCUT2D eigenvalue weighted by atomic mass is 9.96. The van der Waals surface area contributed by atoms with Gasteiger partial charge in [-0.3, -0.25) is 0 Å². The van der Waals surface area contributed by atoms with Crippen LogP contribution in [-0.4, -0.2) is 74.0 Å². The van der Waals surface area contributed by atoms with Crippen molar-refractivity contribution < 1.29 is 23.5 Å². The van der Waals surface area contributed by atoms with E-state index in [9.17, 15) is 14.0 Å². The summed E-state index contributed by atoms with van der Waals surface area (Å²) in [6, 6.07) is 27.1. The predicted octanol–water partition coefficient (Wildman–Crippen LogP) is 7.85. The van der Waals surface area contributed by atoms with E-state index in [2.05, 4.69) is 41.9 Å². The van der Waals surface area contributed by atoms with Crippen molar-refractivity contribution >= 4 is 29.0 Å². The van der Waals surface area contributed by atoms with E-state index in [-0.39, 0.29) is 35.6 Å². The lowest BCUT2D eigenvalue weighted by molar-refractivity contribution is -0.118. The number of rotatable bonds is 13. The first-order chi connectivity index (χ1) is 24.9. The molecule has 0 saturated carbocycles. The van der Waals surface area contributed by atoms with E-state index in [0.717, 1.165) is 61.2 Å². The van der Waals surface area contributed by atoms with Gasteiger partial charge in [0.2, 0.25) is 5.95 Å². The molecule has 0 spiro atoms. The number of nitrogens with zero attached hydrogens (tertiary/aromatic N) is 5. The third-order valence-corrected chi connectivity index (χ3v) is 9.51. The zero-order valence-electron chi connectivity index (χ0n) is 31.3. The molecule has 0 aliphatic carbocycles. The van der Waals surface area contributed by atoms with Crippen LogP contribution in [0.5, 0.6) is 11.5 Å². The van der Waals surface area contributed by atoms with Crippen LogP contribution in [0.1, 0.15) is 76.3 Å². The maximum Gasteiger partial charge on any atom is 0.214 e. The number of aromatic nitrogens is 2. The topological polar surface area (TPSA) is 88.1 Å². The molecule has 4 atom stereocenters. The highest BCUT2D eigenvalue weighted by atomic mass is 19.1. The van der Waals surface area contributed by atoms with Crippen LogP contribution in [0.2, 0.25) is 0 Å². The highest BCUT2D eigenvalue weighted by molar-refractivity contribution is 5.76. The summed E-state index contributed by atoms with van der Waals surface area (Å²) in [4.78, 5) is 37.5. The second kappa shape index (κ2) is 18.0. The number of hydrogen-bond acceptors (Lipinski definition) is 9. The van der Waals surface area contributed by atoms with Crippen LogP contribution >= 0.6 is 0 Å². The van der Waals surface area contributed by atoms with Crippen molar-refractivity contribution in [3.8, 4) is 11.5 Å². The molecule has 4 heterocycles. The molecule has 2 aliphatic rings. The molecule has 0 amide bonds. The van der Waals surface area contributed by atoms with Gasteiger partial charge < -0.3 is 33.8 Å². The van der Waals surface area contributed by atoms with Gasteiger partial charge >= 0.3 is 0 Å². The van der Waals surface area contributed by atoms with Crippen molar-refractivity contribution in [3.05, 3.63) is 102 Å². The van der Waals surface area contributed by atoms with Crippen molar-refractivity contribution in [2.24, 2.45) is 0 Å². The molecule has 9 nitrogen and oxygen atoms in total. The van der Waals surface area contributed by atoms with Crippen LogP contribution in [0, 0.1) is 5.95 Å². The molecule has 52 heavy (non-hydrogen) atoms. The van der Waals surface area contributed by atoms with Crippen LogP contribution in [0.4, 0.5) is 21.8 Å². The first kappa shape index (κ1) is 38.2. The minimum atomic E-state index is -0.461. The molecular weight excluding hydrogens is 657 g/mol. The van der Waals surface area contributed by atoms with Gasteiger partial charge in [0.1, 0.15) is 52.7 Å². The molecule has 2 aromatic heterocycles. The zero-order valence-corrected chi connectivity index (χ0v) is 31.3. The normalized spacial score (nSPS) is 17.9. The Balaban J connectivity index is 0.000000202. The second-order valence-electron chi connectivity index (χ2n) is 14.3. The van der Waals surface area contributed by atoms with E-state index in [4.69, 9.17) is 14.5 Å². The number of carbonyl (C=O) groups is 2. The second-order valence-corrected chi connectivity index (χ2v) is 14.3. The smallest absolute Gasteiger partial charge is 0.214 e. The molecular formula is C42H52FN5O4. The molecule has 0 bridgehead atoms. The summed E-state index contributed by atoms with van der Waals surface area (Å²) < 4.78 is 25.5. The van der Waals surface area contributed by atoms with Crippen molar-refractivity contribution in [1.82, 2.24) is 9.97 Å². The molecule has 2 fully saturated rings. The molecule has 4 aromatic rings.